The molecule has 2 aliphatic heterocycles. The molecule has 2 heterocycles. The summed E-state index contributed by atoms with van der Waals surface area (Å²) < 4.78 is 16.6. The lowest BCUT2D eigenvalue weighted by Crippen LogP contribution is -2.38. The summed E-state index contributed by atoms with van der Waals surface area (Å²) in [5.41, 5.74) is 2.47. The summed E-state index contributed by atoms with van der Waals surface area (Å²) in [5, 5.41) is 6.77. The van der Waals surface area contributed by atoms with Crippen LogP contribution in [0.5, 0.6) is 17.2 Å². The van der Waals surface area contributed by atoms with E-state index in [1.54, 1.807) is 0 Å². The Hall–Kier alpha value is -2.89. The molecule has 6 nitrogen and oxygen atoms in total. The fraction of sp³-hybridized carbons (Fsp3) is 0.409. The van der Waals surface area contributed by atoms with E-state index in [0.29, 0.717) is 12.7 Å². The highest BCUT2D eigenvalue weighted by molar-refractivity contribution is 5.79. The van der Waals surface area contributed by atoms with Gasteiger partial charge in [-0.25, -0.2) is 0 Å². The number of benzene rings is 2. The molecule has 1 atom stereocenters. The molecule has 0 bridgehead atoms. The monoisotopic (exact) mass is 381 g/mol. The number of fused-ring (bicyclic) bond motifs is 2. The Kier molecular flexibility index (Phi) is 5.85. The van der Waals surface area contributed by atoms with Crippen molar-refractivity contribution < 1.29 is 14.2 Å². The van der Waals surface area contributed by atoms with Crippen molar-refractivity contribution in [2.75, 3.05) is 33.0 Å². The lowest BCUT2D eigenvalue weighted by molar-refractivity contribution is 0.174. The Bertz CT molecular complexity index is 838. The van der Waals surface area contributed by atoms with Crippen molar-refractivity contribution >= 4 is 5.96 Å². The average molecular weight is 381 g/mol. The van der Waals surface area contributed by atoms with E-state index in [1.807, 2.05) is 24.3 Å². The summed E-state index contributed by atoms with van der Waals surface area (Å²) in [6, 6.07) is 14.4. The highest BCUT2D eigenvalue weighted by Crippen LogP contribution is 2.33. The molecule has 0 saturated carbocycles. The molecule has 6 heteroatoms. The smallest absolute Gasteiger partial charge is 0.231 e. The number of aliphatic imine (C=N–C) groups is 1. The Balaban J connectivity index is 1.34. The molecule has 2 aliphatic rings. The maximum Gasteiger partial charge on any atom is 0.231 e. The predicted molar refractivity (Wildman–Crippen MR) is 110 cm³/mol. The van der Waals surface area contributed by atoms with Crippen LogP contribution in [0.25, 0.3) is 0 Å². The van der Waals surface area contributed by atoms with Crippen molar-refractivity contribution in [1.82, 2.24) is 10.6 Å². The Morgan fingerprint density at radius 1 is 1.04 bits per heavy atom. The zero-order chi connectivity index (χ0) is 19.2. The van der Waals surface area contributed by atoms with Gasteiger partial charge < -0.3 is 24.8 Å². The number of ether oxygens (including phenoxy) is 3. The summed E-state index contributed by atoms with van der Waals surface area (Å²) in [6.45, 7) is 5.53. The van der Waals surface area contributed by atoms with Crippen molar-refractivity contribution in [3.05, 3.63) is 53.6 Å². The zero-order valence-electron chi connectivity index (χ0n) is 16.2. The number of guanidine groups is 1. The molecule has 0 amide bonds. The van der Waals surface area contributed by atoms with Crippen LogP contribution in [-0.4, -0.2) is 39.0 Å². The van der Waals surface area contributed by atoms with E-state index in [1.165, 1.54) is 11.1 Å². The molecule has 0 saturated heterocycles. The lowest BCUT2D eigenvalue weighted by atomic mass is 9.93. The van der Waals surface area contributed by atoms with Crippen LogP contribution < -0.4 is 24.8 Å². The summed E-state index contributed by atoms with van der Waals surface area (Å²) in [4.78, 5) is 4.82. The molecule has 28 heavy (non-hydrogen) atoms. The normalized spacial score (nSPS) is 17.6. The van der Waals surface area contributed by atoms with Crippen LogP contribution >= 0.6 is 0 Å². The van der Waals surface area contributed by atoms with Gasteiger partial charge in [0, 0.05) is 25.6 Å². The first-order chi connectivity index (χ1) is 13.8. The quantitative estimate of drug-likeness (QED) is 0.595. The van der Waals surface area contributed by atoms with Crippen LogP contribution in [0.3, 0.4) is 0 Å². The molecular weight excluding hydrogens is 354 g/mol. The van der Waals surface area contributed by atoms with Gasteiger partial charge in [0.15, 0.2) is 17.5 Å². The summed E-state index contributed by atoms with van der Waals surface area (Å²) in [7, 11) is 0. The molecule has 0 aromatic heterocycles. The van der Waals surface area contributed by atoms with Gasteiger partial charge in [-0.1, -0.05) is 24.3 Å². The van der Waals surface area contributed by atoms with Gasteiger partial charge in [0.25, 0.3) is 0 Å². The van der Waals surface area contributed by atoms with Crippen molar-refractivity contribution in [2.45, 2.75) is 25.7 Å². The molecule has 1 unspecified atom stereocenters. The summed E-state index contributed by atoms with van der Waals surface area (Å²) in [5.74, 6) is 3.90. The standard InChI is InChI=1S/C22H27N3O3/c1-2-23-22(24-11-9-16-7-8-20-21(13-16)28-15-27-20)25-14-17-10-12-26-19-6-4-3-5-18(17)19/h3-8,13,17H,2,9-12,14-15H2,1H3,(H2,23,24,25). The number of hydrogen-bond acceptors (Lipinski definition) is 4. The third kappa shape index (κ3) is 4.32. The summed E-state index contributed by atoms with van der Waals surface area (Å²) >= 11 is 0. The van der Waals surface area contributed by atoms with Crippen LogP contribution in [0, 0.1) is 0 Å². The van der Waals surface area contributed by atoms with Gasteiger partial charge in [0.2, 0.25) is 6.79 Å². The third-order valence-corrected chi connectivity index (χ3v) is 5.04. The average Bonchev–Trinajstić information content (AvgIpc) is 3.20. The third-order valence-electron chi connectivity index (χ3n) is 5.04. The molecule has 0 fully saturated rings. The van der Waals surface area contributed by atoms with Crippen molar-refractivity contribution in [3.63, 3.8) is 0 Å². The summed E-state index contributed by atoms with van der Waals surface area (Å²) in [6.07, 6.45) is 1.89. The highest BCUT2D eigenvalue weighted by Gasteiger charge is 2.20. The van der Waals surface area contributed by atoms with E-state index in [2.05, 4.69) is 35.8 Å². The maximum atomic E-state index is 5.75. The Labute approximate surface area is 165 Å². The van der Waals surface area contributed by atoms with Gasteiger partial charge in [-0.05, 0) is 49.1 Å². The van der Waals surface area contributed by atoms with E-state index in [-0.39, 0.29) is 0 Å². The van der Waals surface area contributed by atoms with Crippen molar-refractivity contribution in [2.24, 2.45) is 4.99 Å². The van der Waals surface area contributed by atoms with Gasteiger partial charge in [-0.3, -0.25) is 4.99 Å². The van der Waals surface area contributed by atoms with Gasteiger partial charge in [-0.15, -0.1) is 0 Å². The molecule has 2 aromatic rings. The van der Waals surface area contributed by atoms with Crippen LogP contribution in [0.4, 0.5) is 0 Å². The molecular formula is C22H27N3O3. The van der Waals surface area contributed by atoms with Crippen LogP contribution in [0.1, 0.15) is 30.4 Å². The van der Waals surface area contributed by atoms with E-state index < -0.39 is 0 Å². The molecule has 148 valence electrons. The first-order valence-electron chi connectivity index (χ1n) is 9.96. The van der Waals surface area contributed by atoms with Crippen LogP contribution in [0.2, 0.25) is 0 Å². The van der Waals surface area contributed by atoms with Crippen molar-refractivity contribution in [3.8, 4) is 17.2 Å². The Morgan fingerprint density at radius 3 is 2.86 bits per heavy atom. The van der Waals surface area contributed by atoms with E-state index >= 15 is 0 Å². The lowest BCUT2D eigenvalue weighted by Gasteiger charge is -2.25. The second-order valence-corrected chi connectivity index (χ2v) is 6.96. The van der Waals surface area contributed by atoms with Crippen LogP contribution in [-0.2, 0) is 6.42 Å². The second kappa shape index (κ2) is 8.87. The SMILES string of the molecule is CCNC(=NCC1CCOc2ccccc21)NCCc1ccc2c(c1)OCO2. The number of rotatable bonds is 6. The molecule has 0 aliphatic carbocycles. The number of nitrogens with zero attached hydrogens (tertiary/aromatic N) is 1. The Morgan fingerprint density at radius 2 is 1.93 bits per heavy atom. The highest BCUT2D eigenvalue weighted by atomic mass is 16.7. The van der Waals surface area contributed by atoms with Gasteiger partial charge in [-0.2, -0.15) is 0 Å². The fourth-order valence-electron chi connectivity index (χ4n) is 3.57. The minimum Gasteiger partial charge on any atom is -0.493 e. The zero-order valence-corrected chi connectivity index (χ0v) is 16.2. The predicted octanol–water partition coefficient (Wildman–Crippen LogP) is 3.08. The number of hydrogen-bond donors (Lipinski definition) is 2. The molecule has 2 aromatic carbocycles. The number of para-hydroxylation sites is 1. The minimum absolute atomic E-state index is 0.309. The molecule has 4 rings (SSSR count). The number of nitrogens with one attached hydrogen (secondary N) is 2. The minimum atomic E-state index is 0.309. The largest absolute Gasteiger partial charge is 0.493 e. The van der Waals surface area contributed by atoms with Crippen LogP contribution in [0.15, 0.2) is 47.5 Å². The molecule has 0 spiro atoms. The van der Waals surface area contributed by atoms with E-state index in [4.69, 9.17) is 19.2 Å². The van der Waals surface area contributed by atoms with Gasteiger partial charge in [0.05, 0.1) is 6.61 Å². The van der Waals surface area contributed by atoms with Gasteiger partial charge in [0.1, 0.15) is 5.75 Å². The van der Waals surface area contributed by atoms with Gasteiger partial charge >= 0.3 is 0 Å². The molecule has 0 radical (unpaired) electrons. The van der Waals surface area contributed by atoms with E-state index in [0.717, 1.165) is 62.3 Å². The molecule has 2 N–H and O–H groups in total. The second-order valence-electron chi connectivity index (χ2n) is 6.96. The topological polar surface area (TPSA) is 64.1 Å². The maximum absolute atomic E-state index is 5.75. The fourth-order valence-corrected chi connectivity index (χ4v) is 3.57. The van der Waals surface area contributed by atoms with Crippen molar-refractivity contribution in [1.29, 1.82) is 0 Å². The first-order valence-corrected chi connectivity index (χ1v) is 9.96. The van der Waals surface area contributed by atoms with E-state index in [9.17, 15) is 0 Å². The first kappa shape index (κ1) is 18.5.